The Labute approximate surface area is 116 Å². The molecule has 2 rings (SSSR count). The third-order valence-electron chi connectivity index (χ3n) is 3.63. The van der Waals surface area contributed by atoms with Gasteiger partial charge in [-0.2, -0.15) is 5.10 Å². The maximum atomic E-state index is 10.5. The molecule has 8 nitrogen and oxygen atoms in total. The zero-order valence-corrected chi connectivity index (χ0v) is 11.2. The Balaban J connectivity index is 1.69. The summed E-state index contributed by atoms with van der Waals surface area (Å²) >= 11 is 0. The molecule has 0 amide bonds. The first-order valence-electron chi connectivity index (χ1n) is 6.80. The Kier molecular flexibility index (Phi) is 5.05. The molecule has 0 bridgehead atoms. The highest BCUT2D eigenvalue weighted by Gasteiger charge is 2.24. The molecule has 112 valence electrons. The van der Waals surface area contributed by atoms with Gasteiger partial charge in [0.05, 0.1) is 23.7 Å². The monoisotopic (exact) mass is 284 g/mol. The molecule has 0 aliphatic heterocycles. The van der Waals surface area contributed by atoms with Crippen LogP contribution in [0.2, 0.25) is 0 Å². The van der Waals surface area contributed by atoms with E-state index in [1.807, 2.05) is 0 Å². The number of nitrogens with zero attached hydrogens (tertiary/aromatic N) is 3. The van der Waals surface area contributed by atoms with Gasteiger partial charge < -0.3 is 15.5 Å². The smallest absolute Gasteiger partial charge is 0.306 e. The topological polar surface area (TPSA) is 113 Å². The molecule has 0 saturated heterocycles. The molecule has 20 heavy (non-hydrogen) atoms. The highest BCUT2D eigenvalue weighted by atomic mass is 16.6. The summed E-state index contributed by atoms with van der Waals surface area (Å²) in [6, 6.07) is 0. The Morgan fingerprint density at radius 2 is 2.40 bits per heavy atom. The third-order valence-corrected chi connectivity index (χ3v) is 3.63. The lowest BCUT2D eigenvalue weighted by Crippen LogP contribution is -2.35. The molecule has 1 aromatic rings. The van der Waals surface area contributed by atoms with Gasteiger partial charge in [0.25, 0.3) is 0 Å². The van der Waals surface area contributed by atoms with Gasteiger partial charge in [-0.25, -0.2) is 0 Å². The van der Waals surface area contributed by atoms with Crippen molar-refractivity contribution >= 4 is 5.69 Å². The molecule has 1 fully saturated rings. The first-order valence-corrected chi connectivity index (χ1v) is 6.80. The number of aromatic nitrogens is 2. The largest absolute Gasteiger partial charge is 0.393 e. The second kappa shape index (κ2) is 6.78. The summed E-state index contributed by atoms with van der Waals surface area (Å²) in [5.74, 6) is 0.257. The minimum absolute atomic E-state index is 0.0840. The van der Waals surface area contributed by atoms with E-state index in [0.29, 0.717) is 13.1 Å². The average Bonchev–Trinajstić information content (AvgIpc) is 2.99. The molecule has 1 aliphatic rings. The number of nitro groups is 1. The third kappa shape index (κ3) is 3.99. The van der Waals surface area contributed by atoms with E-state index in [1.54, 1.807) is 0 Å². The van der Waals surface area contributed by atoms with Crippen molar-refractivity contribution < 1.29 is 15.1 Å². The second-order valence-corrected chi connectivity index (χ2v) is 5.25. The first-order chi connectivity index (χ1) is 9.56. The zero-order chi connectivity index (χ0) is 14.5. The van der Waals surface area contributed by atoms with Gasteiger partial charge in [0.15, 0.2) is 0 Å². The molecule has 1 aliphatic carbocycles. The van der Waals surface area contributed by atoms with E-state index in [0.717, 1.165) is 25.5 Å². The molecule has 1 heterocycles. The summed E-state index contributed by atoms with van der Waals surface area (Å²) in [6.07, 6.45) is 4.45. The van der Waals surface area contributed by atoms with Crippen molar-refractivity contribution in [3.8, 4) is 0 Å². The molecular weight excluding hydrogens is 264 g/mol. The molecular formula is C12H20N4O4. The van der Waals surface area contributed by atoms with Gasteiger partial charge in [-0.05, 0) is 18.8 Å². The SMILES string of the molecule is O=[N+]([O-])c1cnn(CC(O)CNCC2CCCC2O)c1. The Morgan fingerprint density at radius 1 is 1.60 bits per heavy atom. The summed E-state index contributed by atoms with van der Waals surface area (Å²) in [7, 11) is 0. The summed E-state index contributed by atoms with van der Waals surface area (Å²) in [4.78, 5) is 9.99. The van der Waals surface area contributed by atoms with Crippen LogP contribution < -0.4 is 5.32 Å². The van der Waals surface area contributed by atoms with Crippen LogP contribution in [-0.4, -0.2) is 50.2 Å². The molecule has 0 spiro atoms. The van der Waals surface area contributed by atoms with Crippen LogP contribution in [0.25, 0.3) is 0 Å². The van der Waals surface area contributed by atoms with Crippen LogP contribution in [0.3, 0.4) is 0 Å². The van der Waals surface area contributed by atoms with E-state index < -0.39 is 11.0 Å². The molecule has 3 unspecified atom stereocenters. The van der Waals surface area contributed by atoms with Crippen molar-refractivity contribution in [1.82, 2.24) is 15.1 Å². The predicted octanol–water partition coefficient (Wildman–Crippen LogP) is -0.0972. The van der Waals surface area contributed by atoms with Crippen LogP contribution in [-0.2, 0) is 6.54 Å². The average molecular weight is 284 g/mol. The maximum Gasteiger partial charge on any atom is 0.306 e. The molecule has 0 radical (unpaired) electrons. The van der Waals surface area contributed by atoms with Gasteiger partial charge in [-0.15, -0.1) is 0 Å². The molecule has 3 atom stereocenters. The molecule has 8 heteroatoms. The molecule has 3 N–H and O–H groups in total. The zero-order valence-electron chi connectivity index (χ0n) is 11.2. The van der Waals surface area contributed by atoms with E-state index in [4.69, 9.17) is 0 Å². The molecule has 0 aromatic carbocycles. The maximum absolute atomic E-state index is 10.5. The highest BCUT2D eigenvalue weighted by molar-refractivity contribution is 5.20. The normalized spacial score (nSPS) is 23.9. The van der Waals surface area contributed by atoms with E-state index in [-0.39, 0.29) is 24.3 Å². The van der Waals surface area contributed by atoms with Crippen molar-refractivity contribution in [1.29, 1.82) is 0 Å². The fraction of sp³-hybridized carbons (Fsp3) is 0.750. The van der Waals surface area contributed by atoms with Gasteiger partial charge in [0, 0.05) is 13.1 Å². The van der Waals surface area contributed by atoms with Gasteiger partial charge in [0.2, 0.25) is 0 Å². The van der Waals surface area contributed by atoms with Crippen LogP contribution >= 0.6 is 0 Å². The second-order valence-electron chi connectivity index (χ2n) is 5.25. The quantitative estimate of drug-likeness (QED) is 0.476. The lowest BCUT2D eigenvalue weighted by molar-refractivity contribution is -0.385. The Hall–Kier alpha value is -1.51. The lowest BCUT2D eigenvalue weighted by Gasteiger charge is -2.17. The van der Waals surface area contributed by atoms with E-state index in [9.17, 15) is 20.3 Å². The van der Waals surface area contributed by atoms with Crippen LogP contribution in [0, 0.1) is 16.0 Å². The number of aliphatic hydroxyl groups is 2. The van der Waals surface area contributed by atoms with Crippen LogP contribution in [0.15, 0.2) is 12.4 Å². The summed E-state index contributed by atoms with van der Waals surface area (Å²) in [6.45, 7) is 1.25. The minimum Gasteiger partial charge on any atom is -0.393 e. The Morgan fingerprint density at radius 3 is 3.00 bits per heavy atom. The first kappa shape index (κ1) is 14.9. The van der Waals surface area contributed by atoms with Crippen molar-refractivity contribution in [3.63, 3.8) is 0 Å². The van der Waals surface area contributed by atoms with Crippen molar-refractivity contribution in [2.75, 3.05) is 13.1 Å². The lowest BCUT2D eigenvalue weighted by atomic mass is 10.1. The predicted molar refractivity (Wildman–Crippen MR) is 71.1 cm³/mol. The Bertz CT molecular complexity index is 450. The molecule has 1 saturated carbocycles. The summed E-state index contributed by atoms with van der Waals surface area (Å²) in [5.41, 5.74) is -0.0840. The van der Waals surface area contributed by atoms with Crippen LogP contribution in [0.1, 0.15) is 19.3 Å². The number of rotatable bonds is 7. The van der Waals surface area contributed by atoms with Crippen LogP contribution in [0.4, 0.5) is 5.69 Å². The van der Waals surface area contributed by atoms with Crippen molar-refractivity contribution in [3.05, 3.63) is 22.5 Å². The minimum atomic E-state index is -0.673. The van der Waals surface area contributed by atoms with Crippen molar-refractivity contribution in [2.24, 2.45) is 5.92 Å². The summed E-state index contributed by atoms with van der Waals surface area (Å²) < 4.78 is 1.36. The standard InChI is InChI=1S/C12H20N4O4/c17-11(6-13-4-9-2-1-3-12(9)18)8-15-7-10(5-14-15)16(19)20/h5,7,9,11-13,17-18H,1-4,6,8H2. The highest BCUT2D eigenvalue weighted by Crippen LogP contribution is 2.24. The number of nitrogens with one attached hydrogen (secondary N) is 1. The van der Waals surface area contributed by atoms with E-state index in [1.165, 1.54) is 10.9 Å². The van der Waals surface area contributed by atoms with Crippen LogP contribution in [0.5, 0.6) is 0 Å². The van der Waals surface area contributed by atoms with E-state index >= 15 is 0 Å². The van der Waals surface area contributed by atoms with E-state index in [2.05, 4.69) is 10.4 Å². The fourth-order valence-corrected chi connectivity index (χ4v) is 2.52. The van der Waals surface area contributed by atoms with Gasteiger partial charge in [0.1, 0.15) is 12.4 Å². The summed E-state index contributed by atoms with van der Waals surface area (Å²) in [5, 5.41) is 36.9. The number of hydrogen-bond acceptors (Lipinski definition) is 6. The number of aliphatic hydroxyl groups excluding tert-OH is 2. The van der Waals surface area contributed by atoms with Crippen molar-refractivity contribution in [2.45, 2.75) is 38.0 Å². The fourth-order valence-electron chi connectivity index (χ4n) is 2.52. The van der Waals surface area contributed by atoms with Gasteiger partial charge in [-0.1, -0.05) is 6.42 Å². The molecule has 1 aromatic heterocycles. The van der Waals surface area contributed by atoms with Gasteiger partial charge in [-0.3, -0.25) is 14.8 Å². The van der Waals surface area contributed by atoms with Gasteiger partial charge >= 0.3 is 5.69 Å². The number of hydrogen-bond donors (Lipinski definition) is 3.